The molecular formula is C11H23N3. The summed E-state index contributed by atoms with van der Waals surface area (Å²) in [5, 5.41) is 3.63. The summed E-state index contributed by atoms with van der Waals surface area (Å²) in [5.41, 5.74) is 0. The van der Waals surface area contributed by atoms with E-state index in [1.54, 1.807) is 0 Å². The summed E-state index contributed by atoms with van der Waals surface area (Å²) in [6.45, 7) is 7.23. The molecule has 2 aliphatic rings. The fourth-order valence-corrected chi connectivity index (χ4v) is 2.50. The highest BCUT2D eigenvalue weighted by molar-refractivity contribution is 4.82. The van der Waals surface area contributed by atoms with Crippen LogP contribution in [0, 0.1) is 0 Å². The van der Waals surface area contributed by atoms with E-state index in [0.29, 0.717) is 12.2 Å². The Morgan fingerprint density at radius 1 is 1.21 bits per heavy atom. The first-order valence-electron chi connectivity index (χ1n) is 5.95. The quantitative estimate of drug-likeness (QED) is 0.668. The van der Waals surface area contributed by atoms with Gasteiger partial charge in [-0.3, -0.25) is 4.90 Å². The molecule has 0 spiro atoms. The standard InChI is InChI=1S/C11H23N3/c1-10-9-14(8-7-13(10)2)11-5-3-4-6-12-11/h10-12H,3-9H2,1-2H3. The molecule has 3 nitrogen and oxygen atoms in total. The van der Waals surface area contributed by atoms with Gasteiger partial charge < -0.3 is 10.2 Å². The molecule has 14 heavy (non-hydrogen) atoms. The van der Waals surface area contributed by atoms with Crippen molar-refractivity contribution in [1.82, 2.24) is 15.1 Å². The SMILES string of the molecule is CC1CN(C2CCCCN2)CCN1C. The zero-order chi connectivity index (χ0) is 9.97. The van der Waals surface area contributed by atoms with Gasteiger partial charge in [0.15, 0.2) is 0 Å². The monoisotopic (exact) mass is 197 g/mol. The van der Waals surface area contributed by atoms with Crippen LogP contribution < -0.4 is 5.32 Å². The van der Waals surface area contributed by atoms with Crippen LogP contribution in [0.15, 0.2) is 0 Å². The van der Waals surface area contributed by atoms with E-state index in [1.165, 1.54) is 45.4 Å². The Bertz CT molecular complexity index is 177. The third-order valence-corrected chi connectivity index (χ3v) is 3.72. The average Bonchev–Trinajstić information content (AvgIpc) is 2.23. The van der Waals surface area contributed by atoms with Gasteiger partial charge in [0.1, 0.15) is 0 Å². The number of nitrogens with zero attached hydrogens (tertiary/aromatic N) is 2. The molecular weight excluding hydrogens is 174 g/mol. The molecule has 2 unspecified atom stereocenters. The number of nitrogens with one attached hydrogen (secondary N) is 1. The third-order valence-electron chi connectivity index (χ3n) is 3.72. The van der Waals surface area contributed by atoms with Gasteiger partial charge in [-0.1, -0.05) is 0 Å². The highest BCUT2D eigenvalue weighted by Gasteiger charge is 2.26. The predicted molar refractivity (Wildman–Crippen MR) is 59.3 cm³/mol. The van der Waals surface area contributed by atoms with Crippen LogP contribution >= 0.6 is 0 Å². The van der Waals surface area contributed by atoms with Gasteiger partial charge >= 0.3 is 0 Å². The summed E-state index contributed by atoms with van der Waals surface area (Å²) in [5.74, 6) is 0. The van der Waals surface area contributed by atoms with Crippen LogP contribution in [0.1, 0.15) is 26.2 Å². The van der Waals surface area contributed by atoms with Crippen LogP contribution in [0.2, 0.25) is 0 Å². The van der Waals surface area contributed by atoms with Crippen molar-refractivity contribution in [3.05, 3.63) is 0 Å². The Morgan fingerprint density at radius 2 is 2.07 bits per heavy atom. The van der Waals surface area contributed by atoms with E-state index < -0.39 is 0 Å². The molecule has 3 heteroatoms. The topological polar surface area (TPSA) is 18.5 Å². The third kappa shape index (κ3) is 2.27. The van der Waals surface area contributed by atoms with Gasteiger partial charge in [-0.2, -0.15) is 0 Å². The van der Waals surface area contributed by atoms with Crippen molar-refractivity contribution in [1.29, 1.82) is 0 Å². The van der Waals surface area contributed by atoms with Gasteiger partial charge in [-0.05, 0) is 39.8 Å². The van der Waals surface area contributed by atoms with Gasteiger partial charge in [-0.25, -0.2) is 0 Å². The lowest BCUT2D eigenvalue weighted by Crippen LogP contribution is -2.58. The fraction of sp³-hybridized carbons (Fsp3) is 1.00. The minimum atomic E-state index is 0.667. The zero-order valence-corrected chi connectivity index (χ0v) is 9.50. The fourth-order valence-electron chi connectivity index (χ4n) is 2.50. The molecule has 1 N–H and O–H groups in total. The first-order chi connectivity index (χ1) is 6.77. The molecule has 0 aromatic heterocycles. The maximum absolute atomic E-state index is 3.63. The number of likely N-dealkylation sites (N-methyl/N-ethyl adjacent to an activating group) is 1. The van der Waals surface area contributed by atoms with Crippen molar-refractivity contribution in [2.45, 2.75) is 38.4 Å². The lowest BCUT2D eigenvalue weighted by Gasteiger charge is -2.43. The molecule has 0 saturated carbocycles. The van der Waals surface area contributed by atoms with Crippen molar-refractivity contribution in [2.24, 2.45) is 0 Å². The van der Waals surface area contributed by atoms with Gasteiger partial charge in [0.05, 0.1) is 6.17 Å². The first-order valence-corrected chi connectivity index (χ1v) is 5.95. The second kappa shape index (κ2) is 4.60. The molecule has 2 atom stereocenters. The van der Waals surface area contributed by atoms with Gasteiger partial charge in [0.2, 0.25) is 0 Å². The van der Waals surface area contributed by atoms with Gasteiger partial charge in [-0.15, -0.1) is 0 Å². The van der Waals surface area contributed by atoms with Crippen molar-refractivity contribution in [2.75, 3.05) is 33.2 Å². The molecule has 0 radical (unpaired) electrons. The molecule has 2 rings (SSSR count). The largest absolute Gasteiger partial charge is 0.302 e. The Kier molecular flexibility index (Phi) is 3.42. The Balaban J connectivity index is 1.85. The number of hydrogen-bond acceptors (Lipinski definition) is 3. The van der Waals surface area contributed by atoms with Crippen LogP contribution in [0.5, 0.6) is 0 Å². The number of rotatable bonds is 1. The molecule has 2 fully saturated rings. The van der Waals surface area contributed by atoms with Crippen molar-refractivity contribution >= 4 is 0 Å². The van der Waals surface area contributed by atoms with Crippen LogP contribution in [0.3, 0.4) is 0 Å². The summed E-state index contributed by atoms with van der Waals surface area (Å²) in [4.78, 5) is 5.09. The summed E-state index contributed by atoms with van der Waals surface area (Å²) in [6, 6.07) is 0.715. The number of piperidine rings is 1. The Hall–Kier alpha value is -0.120. The van der Waals surface area contributed by atoms with Crippen LogP contribution in [-0.4, -0.2) is 55.2 Å². The van der Waals surface area contributed by atoms with Gasteiger partial charge in [0, 0.05) is 25.7 Å². The highest BCUT2D eigenvalue weighted by Crippen LogP contribution is 2.15. The van der Waals surface area contributed by atoms with E-state index in [0.717, 1.165) is 0 Å². The summed E-state index contributed by atoms with van der Waals surface area (Å²) >= 11 is 0. The molecule has 0 bridgehead atoms. The summed E-state index contributed by atoms with van der Waals surface area (Å²) in [7, 11) is 2.23. The van der Waals surface area contributed by atoms with E-state index in [-0.39, 0.29) is 0 Å². The van der Waals surface area contributed by atoms with Crippen molar-refractivity contribution < 1.29 is 0 Å². The maximum Gasteiger partial charge on any atom is 0.0598 e. The molecule has 0 aromatic carbocycles. The predicted octanol–water partition coefficient (Wildman–Crippen LogP) is 0.722. The Morgan fingerprint density at radius 3 is 2.71 bits per heavy atom. The van der Waals surface area contributed by atoms with Crippen molar-refractivity contribution in [3.63, 3.8) is 0 Å². The van der Waals surface area contributed by atoms with Crippen LogP contribution in [0.4, 0.5) is 0 Å². The van der Waals surface area contributed by atoms with E-state index in [2.05, 4.69) is 29.1 Å². The molecule has 82 valence electrons. The second-order valence-corrected chi connectivity index (χ2v) is 4.79. The first kappa shape index (κ1) is 10.4. The Labute approximate surface area is 87.4 Å². The molecule has 0 aliphatic carbocycles. The minimum absolute atomic E-state index is 0.667. The summed E-state index contributed by atoms with van der Waals surface area (Å²) < 4.78 is 0. The van der Waals surface area contributed by atoms with Crippen LogP contribution in [0.25, 0.3) is 0 Å². The van der Waals surface area contributed by atoms with Crippen LogP contribution in [-0.2, 0) is 0 Å². The molecule has 0 aromatic rings. The smallest absolute Gasteiger partial charge is 0.0598 e. The number of piperazine rings is 1. The summed E-state index contributed by atoms with van der Waals surface area (Å²) in [6.07, 6.45) is 4.77. The molecule has 2 aliphatic heterocycles. The van der Waals surface area contributed by atoms with Crippen molar-refractivity contribution in [3.8, 4) is 0 Å². The lowest BCUT2D eigenvalue weighted by atomic mass is 10.1. The van der Waals surface area contributed by atoms with E-state index in [9.17, 15) is 0 Å². The second-order valence-electron chi connectivity index (χ2n) is 4.79. The highest BCUT2D eigenvalue weighted by atomic mass is 15.3. The molecule has 2 saturated heterocycles. The van der Waals surface area contributed by atoms with Gasteiger partial charge in [0.25, 0.3) is 0 Å². The maximum atomic E-state index is 3.63. The lowest BCUT2D eigenvalue weighted by molar-refractivity contribution is 0.0483. The zero-order valence-electron chi connectivity index (χ0n) is 9.50. The molecule has 2 heterocycles. The average molecular weight is 197 g/mol. The van der Waals surface area contributed by atoms with E-state index >= 15 is 0 Å². The van der Waals surface area contributed by atoms with E-state index in [4.69, 9.17) is 0 Å². The normalized spacial score (nSPS) is 37.3. The minimum Gasteiger partial charge on any atom is -0.302 e. The van der Waals surface area contributed by atoms with E-state index in [1.807, 2.05) is 0 Å². The number of hydrogen-bond donors (Lipinski definition) is 1. The molecule has 0 amide bonds.